The number of methoxy groups -OCH3 is 1. The van der Waals surface area contributed by atoms with Gasteiger partial charge >= 0.3 is 0 Å². The van der Waals surface area contributed by atoms with Crippen molar-refractivity contribution in [2.75, 3.05) is 14.2 Å². The summed E-state index contributed by atoms with van der Waals surface area (Å²) in [6.45, 7) is 0. The molecule has 1 aliphatic rings. The van der Waals surface area contributed by atoms with Gasteiger partial charge in [0.15, 0.2) is 11.6 Å². The fraction of sp³-hybridized carbons (Fsp3) is 0.250. The van der Waals surface area contributed by atoms with Gasteiger partial charge in [0, 0.05) is 14.2 Å². The number of hydrogen-bond donors (Lipinski definition) is 0. The van der Waals surface area contributed by atoms with Crippen molar-refractivity contribution in [2.45, 2.75) is 0 Å². The number of carbonyl (C=O) groups is 2. The topological polar surface area (TPSA) is 43.4 Å². The Balaban J connectivity index is 0.000000292. The summed E-state index contributed by atoms with van der Waals surface area (Å²) in [4.78, 5) is 20.6. The summed E-state index contributed by atoms with van der Waals surface area (Å²) in [5, 5.41) is 0. The lowest BCUT2D eigenvalue weighted by atomic mass is 10.2. The van der Waals surface area contributed by atoms with Crippen LogP contribution < -0.4 is 0 Å². The maximum Gasteiger partial charge on any atom is 0.178 e. The van der Waals surface area contributed by atoms with Gasteiger partial charge in [-0.05, 0) is 24.3 Å². The van der Waals surface area contributed by atoms with Crippen molar-refractivity contribution < 1.29 is 14.3 Å². The summed E-state index contributed by atoms with van der Waals surface area (Å²) in [6.07, 6.45) is 5.01. The fourth-order valence-electron chi connectivity index (χ4n) is 0.440. The molecule has 0 saturated heterocycles. The number of rotatable bonds is 0. The minimum Gasteiger partial charge on any atom is -0.388 e. The summed E-state index contributed by atoms with van der Waals surface area (Å²) in [6, 6.07) is 0. The van der Waals surface area contributed by atoms with Crippen LogP contribution in [-0.2, 0) is 14.3 Å². The lowest BCUT2D eigenvalue weighted by Crippen LogP contribution is -1.97. The predicted octanol–water partition coefficient (Wildman–Crippen LogP) is 0.513. The molecule has 0 amide bonds. The Bertz CT molecular complexity index is 163. The number of ether oxygens (including phenoxy) is 1. The first-order chi connectivity index (χ1) is 5.20. The molecule has 0 unspecified atom stereocenters. The molecule has 11 heavy (non-hydrogen) atoms. The minimum absolute atomic E-state index is 0.121. The monoisotopic (exact) mass is 154 g/mol. The van der Waals surface area contributed by atoms with Gasteiger partial charge in [-0.25, -0.2) is 0 Å². The van der Waals surface area contributed by atoms with Crippen LogP contribution in [0.25, 0.3) is 0 Å². The number of hydrogen-bond acceptors (Lipinski definition) is 3. The molecular formula is C8H10O3. The van der Waals surface area contributed by atoms with Crippen LogP contribution >= 0.6 is 0 Å². The molecule has 60 valence electrons. The van der Waals surface area contributed by atoms with Crippen molar-refractivity contribution in [3.05, 3.63) is 24.3 Å². The second-order valence-corrected chi connectivity index (χ2v) is 1.88. The largest absolute Gasteiger partial charge is 0.388 e. The SMILES string of the molecule is COC.O=C1C=CC(=O)C=C1. The predicted molar refractivity (Wildman–Crippen MR) is 41.2 cm³/mol. The van der Waals surface area contributed by atoms with Crippen LogP contribution in [0.1, 0.15) is 0 Å². The standard InChI is InChI=1S/C6H4O2.C2H6O/c7-5-1-2-6(8)4-3-5;1-3-2/h1-4H;1-2H3. The molecule has 0 aliphatic heterocycles. The van der Waals surface area contributed by atoms with E-state index in [2.05, 4.69) is 4.74 Å². The van der Waals surface area contributed by atoms with E-state index in [1.807, 2.05) is 0 Å². The van der Waals surface area contributed by atoms with Gasteiger partial charge < -0.3 is 4.74 Å². The van der Waals surface area contributed by atoms with Gasteiger partial charge in [-0.2, -0.15) is 0 Å². The zero-order valence-corrected chi connectivity index (χ0v) is 6.53. The van der Waals surface area contributed by atoms with Crippen molar-refractivity contribution >= 4 is 11.6 Å². The molecule has 0 N–H and O–H groups in total. The smallest absolute Gasteiger partial charge is 0.178 e. The summed E-state index contributed by atoms with van der Waals surface area (Å²) in [7, 11) is 3.25. The Kier molecular flexibility index (Phi) is 4.94. The van der Waals surface area contributed by atoms with E-state index in [4.69, 9.17) is 0 Å². The van der Waals surface area contributed by atoms with Crippen molar-refractivity contribution in [3.8, 4) is 0 Å². The van der Waals surface area contributed by atoms with Crippen LogP contribution in [0.15, 0.2) is 24.3 Å². The Hall–Kier alpha value is -1.22. The molecule has 0 saturated carbocycles. The van der Waals surface area contributed by atoms with Crippen molar-refractivity contribution in [1.29, 1.82) is 0 Å². The third kappa shape index (κ3) is 5.24. The second kappa shape index (κ2) is 5.56. The zero-order chi connectivity index (χ0) is 8.69. The summed E-state index contributed by atoms with van der Waals surface area (Å²) in [5.74, 6) is -0.241. The molecule has 0 atom stereocenters. The number of carbonyl (C=O) groups excluding carboxylic acids is 2. The molecule has 0 heterocycles. The molecule has 1 aliphatic carbocycles. The fourth-order valence-corrected chi connectivity index (χ4v) is 0.440. The summed E-state index contributed by atoms with van der Waals surface area (Å²) >= 11 is 0. The molecule has 1 rings (SSSR count). The highest BCUT2D eigenvalue weighted by molar-refractivity contribution is 6.14. The van der Waals surface area contributed by atoms with E-state index < -0.39 is 0 Å². The van der Waals surface area contributed by atoms with Crippen LogP contribution in [0.3, 0.4) is 0 Å². The average molecular weight is 154 g/mol. The van der Waals surface area contributed by atoms with Crippen molar-refractivity contribution in [2.24, 2.45) is 0 Å². The molecule has 0 aromatic heterocycles. The molecule has 0 spiro atoms. The normalized spacial score (nSPS) is 14.4. The molecule has 3 heteroatoms. The lowest BCUT2D eigenvalue weighted by Gasteiger charge is -1.87. The Morgan fingerprint density at radius 3 is 1.27 bits per heavy atom. The van der Waals surface area contributed by atoms with E-state index in [1.54, 1.807) is 14.2 Å². The van der Waals surface area contributed by atoms with Crippen molar-refractivity contribution in [3.63, 3.8) is 0 Å². The van der Waals surface area contributed by atoms with E-state index in [0.29, 0.717) is 0 Å². The van der Waals surface area contributed by atoms with Crippen molar-refractivity contribution in [1.82, 2.24) is 0 Å². The van der Waals surface area contributed by atoms with E-state index in [1.165, 1.54) is 24.3 Å². The maximum atomic E-state index is 10.3. The van der Waals surface area contributed by atoms with Crippen LogP contribution in [0.5, 0.6) is 0 Å². The quantitative estimate of drug-likeness (QED) is 0.477. The molecular weight excluding hydrogens is 144 g/mol. The van der Waals surface area contributed by atoms with E-state index >= 15 is 0 Å². The lowest BCUT2D eigenvalue weighted by molar-refractivity contribution is -0.113. The second-order valence-electron chi connectivity index (χ2n) is 1.88. The van der Waals surface area contributed by atoms with Gasteiger partial charge in [0.05, 0.1) is 0 Å². The third-order valence-electron chi connectivity index (χ3n) is 0.824. The Labute approximate surface area is 65.4 Å². The molecule has 0 aromatic rings. The van der Waals surface area contributed by atoms with Gasteiger partial charge in [-0.1, -0.05) is 0 Å². The van der Waals surface area contributed by atoms with Gasteiger partial charge in [0.1, 0.15) is 0 Å². The molecule has 0 aromatic carbocycles. The van der Waals surface area contributed by atoms with E-state index in [9.17, 15) is 9.59 Å². The van der Waals surface area contributed by atoms with Gasteiger partial charge in [0.2, 0.25) is 0 Å². The maximum absolute atomic E-state index is 10.3. The van der Waals surface area contributed by atoms with Crippen LogP contribution in [0.2, 0.25) is 0 Å². The van der Waals surface area contributed by atoms with E-state index in [-0.39, 0.29) is 11.6 Å². The molecule has 0 bridgehead atoms. The van der Waals surface area contributed by atoms with Crippen LogP contribution in [0, 0.1) is 0 Å². The average Bonchev–Trinajstić information content (AvgIpc) is 1.97. The highest BCUT2D eigenvalue weighted by Crippen LogP contribution is 1.90. The first-order valence-corrected chi connectivity index (χ1v) is 3.05. The highest BCUT2D eigenvalue weighted by atomic mass is 16.4. The molecule has 0 fully saturated rings. The van der Waals surface area contributed by atoms with Gasteiger partial charge in [0.25, 0.3) is 0 Å². The Morgan fingerprint density at radius 1 is 0.909 bits per heavy atom. The Morgan fingerprint density at radius 2 is 1.09 bits per heavy atom. The van der Waals surface area contributed by atoms with Gasteiger partial charge in [-0.3, -0.25) is 9.59 Å². The van der Waals surface area contributed by atoms with Gasteiger partial charge in [-0.15, -0.1) is 0 Å². The summed E-state index contributed by atoms with van der Waals surface area (Å²) in [5.41, 5.74) is 0. The molecule has 0 radical (unpaired) electrons. The summed E-state index contributed by atoms with van der Waals surface area (Å²) < 4.78 is 4.25. The number of allylic oxidation sites excluding steroid dienone is 4. The first kappa shape index (κ1) is 9.78. The minimum atomic E-state index is -0.121. The molecule has 3 nitrogen and oxygen atoms in total. The third-order valence-corrected chi connectivity index (χ3v) is 0.824. The highest BCUT2D eigenvalue weighted by Gasteiger charge is 1.97. The first-order valence-electron chi connectivity index (χ1n) is 3.05. The van der Waals surface area contributed by atoms with E-state index in [0.717, 1.165) is 0 Å². The number of ketones is 2. The zero-order valence-electron chi connectivity index (χ0n) is 6.53. The van der Waals surface area contributed by atoms with Crippen LogP contribution in [0.4, 0.5) is 0 Å². The van der Waals surface area contributed by atoms with Crippen LogP contribution in [-0.4, -0.2) is 25.8 Å².